The third kappa shape index (κ3) is 5.48. The van der Waals surface area contributed by atoms with Crippen molar-refractivity contribution >= 4 is 28.6 Å². The van der Waals surface area contributed by atoms with E-state index in [9.17, 15) is 9.59 Å². The van der Waals surface area contributed by atoms with Gasteiger partial charge in [-0.15, -0.1) is 11.3 Å². The Morgan fingerprint density at radius 3 is 2.61 bits per heavy atom. The first kappa shape index (κ1) is 21.0. The van der Waals surface area contributed by atoms with E-state index in [0.717, 1.165) is 39.1 Å². The van der Waals surface area contributed by atoms with Crippen LogP contribution in [0.1, 0.15) is 11.4 Å². The predicted molar refractivity (Wildman–Crippen MR) is 122 cm³/mol. The number of aryl methyl sites for hydroxylation is 1. The highest BCUT2D eigenvalue weighted by Gasteiger charge is 2.12. The van der Waals surface area contributed by atoms with Crippen LogP contribution in [0.15, 0.2) is 70.2 Å². The number of nitrogens with zero attached hydrogens (tertiary/aromatic N) is 2. The number of para-hydroxylation sites is 1. The summed E-state index contributed by atoms with van der Waals surface area (Å²) in [6.07, 6.45) is 0.0915. The maximum atomic E-state index is 12.2. The summed E-state index contributed by atoms with van der Waals surface area (Å²) in [4.78, 5) is 28.4. The maximum absolute atomic E-state index is 12.2. The largest absolute Gasteiger partial charge is 0.463 e. The molecule has 0 spiro atoms. The SMILES string of the molecule is Cc1csc(=O)n1CCOC(=O)Cc1csc(-c2cccc(Oc3ccccc3)c2)n1. The van der Waals surface area contributed by atoms with Crippen molar-refractivity contribution in [2.24, 2.45) is 0 Å². The number of esters is 1. The molecule has 0 radical (unpaired) electrons. The summed E-state index contributed by atoms with van der Waals surface area (Å²) in [5.41, 5.74) is 2.45. The quantitative estimate of drug-likeness (QED) is 0.355. The molecule has 0 amide bonds. The zero-order valence-electron chi connectivity index (χ0n) is 16.8. The second kappa shape index (κ2) is 9.72. The van der Waals surface area contributed by atoms with Gasteiger partial charge in [-0.3, -0.25) is 14.2 Å². The minimum absolute atomic E-state index is 0.0452. The number of hydrogen-bond donors (Lipinski definition) is 0. The third-order valence-electron chi connectivity index (χ3n) is 4.49. The van der Waals surface area contributed by atoms with E-state index in [2.05, 4.69) is 4.98 Å². The van der Waals surface area contributed by atoms with E-state index in [1.165, 1.54) is 11.3 Å². The molecule has 158 valence electrons. The van der Waals surface area contributed by atoms with E-state index < -0.39 is 0 Å². The number of aromatic nitrogens is 2. The predicted octanol–water partition coefficient (Wildman–Crippen LogP) is 4.92. The maximum Gasteiger partial charge on any atom is 0.311 e. The summed E-state index contributed by atoms with van der Waals surface area (Å²) >= 11 is 2.61. The van der Waals surface area contributed by atoms with Gasteiger partial charge in [-0.2, -0.15) is 0 Å². The van der Waals surface area contributed by atoms with E-state index >= 15 is 0 Å². The highest BCUT2D eigenvalue weighted by molar-refractivity contribution is 7.13. The van der Waals surface area contributed by atoms with Crippen LogP contribution in [0.25, 0.3) is 10.6 Å². The van der Waals surface area contributed by atoms with Crippen molar-refractivity contribution in [1.29, 1.82) is 0 Å². The van der Waals surface area contributed by atoms with Gasteiger partial charge in [0, 0.05) is 22.0 Å². The molecule has 0 saturated carbocycles. The van der Waals surface area contributed by atoms with E-state index in [1.807, 2.05) is 66.9 Å². The van der Waals surface area contributed by atoms with Crippen LogP contribution in [0, 0.1) is 6.92 Å². The van der Waals surface area contributed by atoms with E-state index in [4.69, 9.17) is 9.47 Å². The highest BCUT2D eigenvalue weighted by atomic mass is 32.1. The normalized spacial score (nSPS) is 10.7. The van der Waals surface area contributed by atoms with Crippen LogP contribution in [0.4, 0.5) is 0 Å². The zero-order chi connectivity index (χ0) is 21.6. The first-order valence-corrected chi connectivity index (χ1v) is 11.4. The summed E-state index contributed by atoms with van der Waals surface area (Å²) in [5, 5.41) is 4.46. The smallest absolute Gasteiger partial charge is 0.311 e. The van der Waals surface area contributed by atoms with Gasteiger partial charge in [-0.25, -0.2) is 4.98 Å². The number of benzene rings is 2. The fourth-order valence-electron chi connectivity index (χ4n) is 2.96. The van der Waals surface area contributed by atoms with Gasteiger partial charge >= 0.3 is 10.8 Å². The molecule has 0 fully saturated rings. The Hall–Kier alpha value is -3.23. The van der Waals surface area contributed by atoms with Gasteiger partial charge in [0.1, 0.15) is 23.1 Å². The molecule has 31 heavy (non-hydrogen) atoms. The first-order valence-electron chi connectivity index (χ1n) is 9.67. The standard InChI is InChI=1S/C23H20N2O4S2/c1-16-14-31-23(27)25(16)10-11-28-21(26)13-18-15-30-22(24-18)17-6-5-9-20(12-17)29-19-7-3-2-4-8-19/h2-9,12,14-15H,10-11,13H2,1H3. The van der Waals surface area contributed by atoms with Crippen molar-refractivity contribution in [2.45, 2.75) is 19.9 Å². The minimum Gasteiger partial charge on any atom is -0.463 e. The number of ether oxygens (including phenoxy) is 2. The Morgan fingerprint density at radius 1 is 1.03 bits per heavy atom. The van der Waals surface area contributed by atoms with Crippen LogP contribution in [0.3, 0.4) is 0 Å². The topological polar surface area (TPSA) is 70.4 Å². The molecule has 0 aliphatic carbocycles. The van der Waals surface area contributed by atoms with E-state index in [1.54, 1.807) is 9.95 Å². The molecule has 0 atom stereocenters. The van der Waals surface area contributed by atoms with Crippen molar-refractivity contribution in [3.8, 4) is 22.1 Å². The Bertz CT molecular complexity index is 1230. The number of rotatable bonds is 8. The molecule has 2 aromatic carbocycles. The Kier molecular flexibility index (Phi) is 6.59. The van der Waals surface area contributed by atoms with Crippen LogP contribution < -0.4 is 9.61 Å². The fraction of sp³-hybridized carbons (Fsp3) is 0.174. The first-order chi connectivity index (χ1) is 15.1. The van der Waals surface area contributed by atoms with Gasteiger partial charge in [0.2, 0.25) is 0 Å². The van der Waals surface area contributed by atoms with Crippen LogP contribution in [0.2, 0.25) is 0 Å². The number of carbonyl (C=O) groups is 1. The molecule has 4 aromatic rings. The lowest BCUT2D eigenvalue weighted by Crippen LogP contribution is -2.20. The van der Waals surface area contributed by atoms with Crippen molar-refractivity contribution in [1.82, 2.24) is 9.55 Å². The molecular formula is C23H20N2O4S2. The molecule has 0 aliphatic heterocycles. The molecular weight excluding hydrogens is 432 g/mol. The molecule has 0 N–H and O–H groups in total. The lowest BCUT2D eigenvalue weighted by Gasteiger charge is -2.06. The molecule has 0 bridgehead atoms. The summed E-state index contributed by atoms with van der Waals surface area (Å²) in [7, 11) is 0. The van der Waals surface area contributed by atoms with Crippen LogP contribution in [-0.2, 0) is 22.5 Å². The molecule has 0 aliphatic rings. The average Bonchev–Trinajstić information content (AvgIpc) is 3.36. The molecule has 8 heteroatoms. The second-order valence-corrected chi connectivity index (χ2v) is 8.46. The van der Waals surface area contributed by atoms with Gasteiger partial charge in [0.05, 0.1) is 18.7 Å². The molecule has 2 heterocycles. The number of thiazole rings is 2. The lowest BCUT2D eigenvalue weighted by molar-refractivity contribution is -0.143. The Labute approximate surface area is 187 Å². The van der Waals surface area contributed by atoms with Gasteiger partial charge in [-0.1, -0.05) is 41.7 Å². The monoisotopic (exact) mass is 452 g/mol. The van der Waals surface area contributed by atoms with E-state index in [-0.39, 0.29) is 23.9 Å². The molecule has 4 rings (SSSR count). The van der Waals surface area contributed by atoms with Crippen molar-refractivity contribution in [3.63, 3.8) is 0 Å². The number of carbonyl (C=O) groups excluding carboxylic acids is 1. The lowest BCUT2D eigenvalue weighted by atomic mass is 10.2. The van der Waals surface area contributed by atoms with Gasteiger partial charge < -0.3 is 9.47 Å². The molecule has 0 saturated heterocycles. The van der Waals surface area contributed by atoms with Crippen LogP contribution in [0.5, 0.6) is 11.5 Å². The van der Waals surface area contributed by atoms with Crippen molar-refractivity contribution < 1.29 is 14.3 Å². The molecule has 6 nitrogen and oxygen atoms in total. The van der Waals surface area contributed by atoms with Gasteiger partial charge in [0.15, 0.2) is 0 Å². The molecule has 0 unspecified atom stereocenters. The second-order valence-electron chi connectivity index (χ2n) is 6.78. The van der Waals surface area contributed by atoms with E-state index in [0.29, 0.717) is 12.2 Å². The van der Waals surface area contributed by atoms with Gasteiger partial charge in [0.25, 0.3) is 0 Å². The molecule has 2 aromatic heterocycles. The minimum atomic E-state index is -0.362. The summed E-state index contributed by atoms with van der Waals surface area (Å²) < 4.78 is 12.8. The summed E-state index contributed by atoms with van der Waals surface area (Å²) in [6, 6.07) is 17.3. The van der Waals surface area contributed by atoms with Crippen molar-refractivity contribution in [2.75, 3.05) is 6.61 Å². The Balaban J connectivity index is 1.34. The number of hydrogen-bond acceptors (Lipinski definition) is 7. The zero-order valence-corrected chi connectivity index (χ0v) is 18.4. The van der Waals surface area contributed by atoms with Crippen LogP contribution in [-0.4, -0.2) is 22.1 Å². The van der Waals surface area contributed by atoms with Crippen LogP contribution >= 0.6 is 22.7 Å². The van der Waals surface area contributed by atoms with Crippen molar-refractivity contribution in [3.05, 3.63) is 86.4 Å². The Morgan fingerprint density at radius 2 is 1.84 bits per heavy atom. The van der Waals surface area contributed by atoms with Gasteiger partial charge in [-0.05, 0) is 31.2 Å². The highest BCUT2D eigenvalue weighted by Crippen LogP contribution is 2.29. The average molecular weight is 453 g/mol. The third-order valence-corrected chi connectivity index (χ3v) is 6.31. The summed E-state index contributed by atoms with van der Waals surface area (Å²) in [5.74, 6) is 1.12. The summed E-state index contributed by atoms with van der Waals surface area (Å²) in [6.45, 7) is 2.37. The fourth-order valence-corrected chi connectivity index (χ4v) is 4.54.